The Hall–Kier alpha value is -2.30. The lowest BCUT2D eigenvalue weighted by atomic mass is 9.87. The Kier molecular flexibility index (Phi) is 4.47. The smallest absolute Gasteiger partial charge is 0.317 e. The van der Waals surface area contributed by atoms with Gasteiger partial charge in [-0.1, -0.05) is 50.1 Å². The fourth-order valence-corrected chi connectivity index (χ4v) is 4.13. The molecule has 0 spiro atoms. The molecule has 5 nitrogen and oxygen atoms in total. The van der Waals surface area contributed by atoms with E-state index in [2.05, 4.69) is 34.6 Å². The van der Waals surface area contributed by atoms with Crippen molar-refractivity contribution in [1.82, 2.24) is 20.4 Å². The molecule has 2 aromatic rings. The molecule has 1 aromatic carbocycles. The zero-order chi connectivity index (χ0) is 17.2. The van der Waals surface area contributed by atoms with Gasteiger partial charge >= 0.3 is 6.03 Å². The number of benzene rings is 1. The number of aromatic nitrogens is 2. The largest absolute Gasteiger partial charge is 0.335 e. The fraction of sp³-hybridized carbons (Fsp3) is 0.500. The van der Waals surface area contributed by atoms with Crippen LogP contribution in [0.2, 0.25) is 0 Å². The second-order valence-corrected chi connectivity index (χ2v) is 7.49. The normalized spacial score (nSPS) is 23.2. The van der Waals surface area contributed by atoms with E-state index in [1.165, 1.54) is 12.8 Å². The van der Waals surface area contributed by atoms with Gasteiger partial charge in [0.1, 0.15) is 0 Å². The highest BCUT2D eigenvalue weighted by Crippen LogP contribution is 2.29. The van der Waals surface area contributed by atoms with Crippen molar-refractivity contribution in [1.29, 1.82) is 0 Å². The van der Waals surface area contributed by atoms with Gasteiger partial charge in [0, 0.05) is 35.8 Å². The van der Waals surface area contributed by atoms with E-state index < -0.39 is 0 Å². The van der Waals surface area contributed by atoms with Crippen LogP contribution in [-0.4, -0.2) is 33.7 Å². The third kappa shape index (κ3) is 3.41. The van der Waals surface area contributed by atoms with Crippen LogP contribution in [0.1, 0.15) is 43.9 Å². The third-order valence-electron chi connectivity index (χ3n) is 5.53. The van der Waals surface area contributed by atoms with Gasteiger partial charge in [0.05, 0.1) is 12.2 Å². The molecule has 4 rings (SSSR count). The first-order chi connectivity index (χ1) is 12.2. The number of rotatable bonds is 2. The summed E-state index contributed by atoms with van der Waals surface area (Å²) in [6, 6.07) is 10.6. The molecule has 2 N–H and O–H groups in total. The van der Waals surface area contributed by atoms with Crippen molar-refractivity contribution in [2.24, 2.45) is 5.92 Å². The predicted molar refractivity (Wildman–Crippen MR) is 98.1 cm³/mol. The van der Waals surface area contributed by atoms with Crippen LogP contribution in [0.5, 0.6) is 0 Å². The molecule has 2 amide bonds. The minimum Gasteiger partial charge on any atom is -0.335 e. The van der Waals surface area contributed by atoms with Crippen LogP contribution >= 0.6 is 0 Å². The molecule has 132 valence electrons. The topological polar surface area (TPSA) is 61.0 Å². The van der Waals surface area contributed by atoms with E-state index in [0.717, 1.165) is 48.3 Å². The van der Waals surface area contributed by atoms with Crippen molar-refractivity contribution in [3.05, 3.63) is 41.6 Å². The number of hydrogen-bond donors (Lipinski definition) is 2. The standard InChI is InChI=1S/C20H26N4O/c1-14-6-5-9-16(12-14)21-20(25)24-11-10-18-17(13-24)19(23-22-18)15-7-3-2-4-8-15/h2-4,7-8,14,16H,5-6,9-13H2,1H3,(H,21,25)(H,22,23). The number of nitrogens with zero attached hydrogens (tertiary/aromatic N) is 2. The SMILES string of the molecule is CC1CCCC(NC(=O)N2CCc3[nH]nc(-c4ccccc4)c3C2)C1. The summed E-state index contributed by atoms with van der Waals surface area (Å²) in [5.74, 6) is 0.713. The molecule has 1 aliphatic heterocycles. The molecule has 2 unspecified atom stereocenters. The molecule has 1 aliphatic carbocycles. The number of urea groups is 1. The number of carbonyl (C=O) groups excluding carboxylic acids is 1. The fourth-order valence-electron chi connectivity index (χ4n) is 4.13. The Labute approximate surface area is 148 Å². The summed E-state index contributed by atoms with van der Waals surface area (Å²) in [5.41, 5.74) is 4.39. The Morgan fingerprint density at radius 2 is 2.12 bits per heavy atom. The van der Waals surface area contributed by atoms with Gasteiger partial charge in [-0.15, -0.1) is 0 Å². The maximum atomic E-state index is 12.7. The van der Waals surface area contributed by atoms with E-state index in [1.807, 2.05) is 23.1 Å². The van der Waals surface area contributed by atoms with Gasteiger partial charge in [-0.3, -0.25) is 5.10 Å². The summed E-state index contributed by atoms with van der Waals surface area (Å²) in [6.07, 6.45) is 5.55. The summed E-state index contributed by atoms with van der Waals surface area (Å²) in [6.45, 7) is 3.66. The Balaban J connectivity index is 1.47. The van der Waals surface area contributed by atoms with Gasteiger partial charge in [-0.25, -0.2) is 4.79 Å². The molecule has 1 fully saturated rings. The van der Waals surface area contributed by atoms with E-state index in [0.29, 0.717) is 18.5 Å². The van der Waals surface area contributed by atoms with Crippen molar-refractivity contribution in [2.75, 3.05) is 6.54 Å². The second-order valence-electron chi connectivity index (χ2n) is 7.49. The average molecular weight is 338 g/mol. The molecule has 2 atom stereocenters. The van der Waals surface area contributed by atoms with E-state index in [-0.39, 0.29) is 6.03 Å². The number of H-pyrrole nitrogens is 1. The first kappa shape index (κ1) is 16.2. The lowest BCUT2D eigenvalue weighted by Crippen LogP contribution is -2.47. The maximum Gasteiger partial charge on any atom is 0.317 e. The average Bonchev–Trinajstić information content (AvgIpc) is 3.05. The van der Waals surface area contributed by atoms with Crippen LogP contribution in [0.3, 0.4) is 0 Å². The lowest BCUT2D eigenvalue weighted by molar-refractivity contribution is 0.181. The molecule has 0 radical (unpaired) electrons. The molecule has 5 heteroatoms. The van der Waals surface area contributed by atoms with Crippen LogP contribution in [0.4, 0.5) is 4.79 Å². The van der Waals surface area contributed by atoms with Gasteiger partial charge in [0.15, 0.2) is 0 Å². The van der Waals surface area contributed by atoms with Crippen molar-refractivity contribution in [3.8, 4) is 11.3 Å². The molecule has 1 saturated carbocycles. The Morgan fingerprint density at radius 1 is 1.28 bits per heavy atom. The van der Waals surface area contributed by atoms with Crippen molar-refractivity contribution < 1.29 is 4.79 Å². The van der Waals surface area contributed by atoms with Gasteiger partial charge in [0.25, 0.3) is 0 Å². The van der Waals surface area contributed by atoms with Crippen LogP contribution in [0.25, 0.3) is 11.3 Å². The zero-order valence-electron chi connectivity index (χ0n) is 14.8. The summed E-state index contributed by atoms with van der Waals surface area (Å²) >= 11 is 0. The highest BCUT2D eigenvalue weighted by molar-refractivity contribution is 5.75. The number of amides is 2. The summed E-state index contributed by atoms with van der Waals surface area (Å²) in [7, 11) is 0. The number of hydrogen-bond acceptors (Lipinski definition) is 2. The molecule has 1 aromatic heterocycles. The van der Waals surface area contributed by atoms with Crippen molar-refractivity contribution >= 4 is 6.03 Å². The summed E-state index contributed by atoms with van der Waals surface area (Å²) in [5, 5.41) is 10.9. The van der Waals surface area contributed by atoms with Gasteiger partial charge in [-0.05, 0) is 18.8 Å². The zero-order valence-corrected chi connectivity index (χ0v) is 14.8. The van der Waals surface area contributed by atoms with E-state index in [4.69, 9.17) is 0 Å². The maximum absolute atomic E-state index is 12.7. The van der Waals surface area contributed by atoms with E-state index >= 15 is 0 Å². The second kappa shape index (κ2) is 6.90. The summed E-state index contributed by atoms with van der Waals surface area (Å²) in [4.78, 5) is 14.7. The minimum atomic E-state index is 0.0740. The monoisotopic (exact) mass is 338 g/mol. The Bertz CT molecular complexity index is 739. The third-order valence-corrected chi connectivity index (χ3v) is 5.53. The first-order valence-corrected chi connectivity index (χ1v) is 9.37. The molecule has 0 bridgehead atoms. The number of carbonyl (C=O) groups is 1. The van der Waals surface area contributed by atoms with Gasteiger partial charge in [-0.2, -0.15) is 5.10 Å². The first-order valence-electron chi connectivity index (χ1n) is 9.37. The molecule has 2 heterocycles. The van der Waals surface area contributed by atoms with Crippen molar-refractivity contribution in [2.45, 2.75) is 51.6 Å². The van der Waals surface area contributed by atoms with E-state index in [9.17, 15) is 4.79 Å². The highest BCUT2D eigenvalue weighted by Gasteiger charge is 2.28. The summed E-state index contributed by atoms with van der Waals surface area (Å²) < 4.78 is 0. The van der Waals surface area contributed by atoms with E-state index in [1.54, 1.807) is 0 Å². The van der Waals surface area contributed by atoms with Gasteiger partial charge < -0.3 is 10.2 Å². The predicted octanol–water partition coefficient (Wildman–Crippen LogP) is 3.72. The Morgan fingerprint density at radius 3 is 2.92 bits per heavy atom. The molecular formula is C20H26N4O. The van der Waals surface area contributed by atoms with Gasteiger partial charge in [0.2, 0.25) is 0 Å². The lowest BCUT2D eigenvalue weighted by Gasteiger charge is -2.32. The highest BCUT2D eigenvalue weighted by atomic mass is 16.2. The number of fused-ring (bicyclic) bond motifs is 1. The minimum absolute atomic E-state index is 0.0740. The van der Waals surface area contributed by atoms with Crippen LogP contribution in [0, 0.1) is 5.92 Å². The van der Waals surface area contributed by atoms with Crippen LogP contribution in [-0.2, 0) is 13.0 Å². The van der Waals surface area contributed by atoms with Crippen LogP contribution in [0.15, 0.2) is 30.3 Å². The number of aromatic amines is 1. The molecule has 2 aliphatic rings. The quantitative estimate of drug-likeness (QED) is 0.876. The molecular weight excluding hydrogens is 312 g/mol. The number of nitrogens with one attached hydrogen (secondary N) is 2. The van der Waals surface area contributed by atoms with Crippen LogP contribution < -0.4 is 5.32 Å². The molecule has 0 saturated heterocycles. The van der Waals surface area contributed by atoms with Crippen molar-refractivity contribution in [3.63, 3.8) is 0 Å². The molecule has 25 heavy (non-hydrogen) atoms.